The zero-order chi connectivity index (χ0) is 14.8. The van der Waals surface area contributed by atoms with Crippen molar-refractivity contribution in [1.82, 2.24) is 4.90 Å². The summed E-state index contributed by atoms with van der Waals surface area (Å²) < 4.78 is 5.44. The minimum absolute atomic E-state index is 0.0356. The number of nitrogens with zero attached hydrogens (tertiary/aromatic N) is 1. The highest BCUT2D eigenvalue weighted by Crippen LogP contribution is 2.38. The summed E-state index contributed by atoms with van der Waals surface area (Å²) in [5.74, 6) is 1.75. The predicted octanol–water partition coefficient (Wildman–Crippen LogP) is 4.18. The first-order chi connectivity index (χ1) is 10.1. The summed E-state index contributed by atoms with van der Waals surface area (Å²) in [6, 6.07) is 9.65. The van der Waals surface area contributed by atoms with Crippen molar-refractivity contribution in [3.05, 3.63) is 53.5 Å². The Kier molecular flexibility index (Phi) is 3.92. The molecule has 1 aromatic heterocycles. The van der Waals surface area contributed by atoms with Crippen LogP contribution in [0.2, 0.25) is 0 Å². The van der Waals surface area contributed by atoms with E-state index in [1.54, 1.807) is 18.0 Å². The second kappa shape index (κ2) is 5.85. The summed E-state index contributed by atoms with van der Waals surface area (Å²) in [5.41, 5.74) is 3.22. The fraction of sp³-hybridized carbons (Fsp3) is 0.312. The number of anilines is 1. The summed E-state index contributed by atoms with van der Waals surface area (Å²) in [7, 11) is 0. The molecule has 21 heavy (non-hydrogen) atoms. The van der Waals surface area contributed by atoms with E-state index in [1.807, 2.05) is 42.2 Å². The number of carbonyl (C=O) groups is 1. The van der Waals surface area contributed by atoms with E-state index < -0.39 is 0 Å². The number of furan rings is 1. The molecule has 1 atom stereocenters. The molecule has 4 nitrogen and oxygen atoms in total. The molecule has 110 valence electrons. The molecule has 0 bridgehead atoms. The Morgan fingerprint density at radius 3 is 2.90 bits per heavy atom. The average Bonchev–Trinajstić information content (AvgIpc) is 3.12. The minimum Gasteiger partial charge on any atom is -0.466 e. The van der Waals surface area contributed by atoms with Gasteiger partial charge in [0.25, 0.3) is 0 Å². The molecule has 2 aromatic rings. The number of aryl methyl sites for hydroxylation is 2. The largest absolute Gasteiger partial charge is 0.466 e. The third-order valence-electron chi connectivity index (χ3n) is 3.70. The summed E-state index contributed by atoms with van der Waals surface area (Å²) in [6.45, 7) is 4.83. The van der Waals surface area contributed by atoms with Crippen molar-refractivity contribution in [2.24, 2.45) is 0 Å². The normalized spacial score (nSPS) is 18.0. The number of urea groups is 1. The highest BCUT2D eigenvalue weighted by atomic mass is 32.2. The average molecular weight is 302 g/mol. The van der Waals surface area contributed by atoms with Crippen LogP contribution in [-0.2, 0) is 0 Å². The number of amides is 2. The Labute approximate surface area is 128 Å². The molecule has 0 aliphatic carbocycles. The molecule has 0 unspecified atom stereocenters. The van der Waals surface area contributed by atoms with Crippen LogP contribution in [0, 0.1) is 13.8 Å². The highest BCUT2D eigenvalue weighted by Gasteiger charge is 2.32. The van der Waals surface area contributed by atoms with Crippen LogP contribution in [-0.4, -0.2) is 23.2 Å². The zero-order valence-electron chi connectivity index (χ0n) is 12.1. The van der Waals surface area contributed by atoms with Crippen molar-refractivity contribution in [3.8, 4) is 0 Å². The Morgan fingerprint density at radius 1 is 1.33 bits per heavy atom. The molecular formula is C16H18N2O2S. The van der Waals surface area contributed by atoms with E-state index in [9.17, 15) is 4.79 Å². The Morgan fingerprint density at radius 2 is 2.19 bits per heavy atom. The van der Waals surface area contributed by atoms with Gasteiger partial charge >= 0.3 is 6.03 Å². The molecule has 1 saturated heterocycles. The van der Waals surface area contributed by atoms with E-state index in [0.717, 1.165) is 23.7 Å². The number of benzene rings is 1. The molecular weight excluding hydrogens is 284 g/mol. The molecule has 2 heterocycles. The van der Waals surface area contributed by atoms with E-state index in [1.165, 1.54) is 11.1 Å². The van der Waals surface area contributed by atoms with Crippen LogP contribution < -0.4 is 5.32 Å². The van der Waals surface area contributed by atoms with Crippen LogP contribution in [0.15, 0.2) is 41.0 Å². The van der Waals surface area contributed by atoms with Crippen LogP contribution in [0.5, 0.6) is 0 Å². The Balaban J connectivity index is 1.73. The summed E-state index contributed by atoms with van der Waals surface area (Å²) in [5, 5.41) is 2.94. The number of hydrogen-bond acceptors (Lipinski definition) is 3. The van der Waals surface area contributed by atoms with Crippen molar-refractivity contribution < 1.29 is 9.21 Å². The molecule has 1 fully saturated rings. The smallest absolute Gasteiger partial charge is 0.323 e. The maximum absolute atomic E-state index is 12.5. The van der Waals surface area contributed by atoms with Gasteiger partial charge < -0.3 is 14.6 Å². The maximum atomic E-state index is 12.5. The van der Waals surface area contributed by atoms with Gasteiger partial charge in [-0.15, -0.1) is 11.8 Å². The van der Waals surface area contributed by atoms with Gasteiger partial charge in [0.1, 0.15) is 11.1 Å². The monoisotopic (exact) mass is 302 g/mol. The molecule has 1 aliphatic rings. The van der Waals surface area contributed by atoms with Gasteiger partial charge in [-0.3, -0.25) is 0 Å². The molecule has 1 N–H and O–H groups in total. The molecule has 2 amide bonds. The van der Waals surface area contributed by atoms with Crippen molar-refractivity contribution in [3.63, 3.8) is 0 Å². The fourth-order valence-corrected chi connectivity index (χ4v) is 3.56. The summed E-state index contributed by atoms with van der Waals surface area (Å²) in [4.78, 5) is 14.3. The van der Waals surface area contributed by atoms with Crippen molar-refractivity contribution in [2.75, 3.05) is 17.6 Å². The van der Waals surface area contributed by atoms with Gasteiger partial charge in [0.05, 0.1) is 6.26 Å². The molecule has 5 heteroatoms. The SMILES string of the molecule is Cc1ccc(NC(=O)N2CCS[C@H]2c2ccco2)cc1C. The fourth-order valence-electron chi connectivity index (χ4n) is 2.36. The van der Waals surface area contributed by atoms with Gasteiger partial charge in [-0.2, -0.15) is 0 Å². The van der Waals surface area contributed by atoms with Crippen LogP contribution in [0.1, 0.15) is 22.3 Å². The molecule has 1 aliphatic heterocycles. The van der Waals surface area contributed by atoms with E-state index in [4.69, 9.17) is 4.42 Å². The lowest BCUT2D eigenvalue weighted by Crippen LogP contribution is -2.34. The van der Waals surface area contributed by atoms with E-state index in [-0.39, 0.29) is 11.4 Å². The second-order valence-corrected chi connectivity index (χ2v) is 6.35. The Hall–Kier alpha value is -1.88. The minimum atomic E-state index is -0.0790. The first kappa shape index (κ1) is 14.1. The first-order valence-electron chi connectivity index (χ1n) is 6.95. The second-order valence-electron chi connectivity index (χ2n) is 5.16. The first-order valence-corrected chi connectivity index (χ1v) is 8.00. The van der Waals surface area contributed by atoms with Crippen LogP contribution in [0.3, 0.4) is 0 Å². The number of carbonyl (C=O) groups excluding carboxylic acids is 1. The summed E-state index contributed by atoms with van der Waals surface area (Å²) >= 11 is 1.72. The lowest BCUT2D eigenvalue weighted by molar-refractivity contribution is 0.210. The molecule has 0 spiro atoms. The van der Waals surface area contributed by atoms with Gasteiger partial charge in [-0.25, -0.2) is 4.79 Å². The van der Waals surface area contributed by atoms with E-state index in [2.05, 4.69) is 12.2 Å². The van der Waals surface area contributed by atoms with Gasteiger partial charge in [0, 0.05) is 18.0 Å². The number of hydrogen-bond donors (Lipinski definition) is 1. The zero-order valence-corrected chi connectivity index (χ0v) is 12.9. The van der Waals surface area contributed by atoms with Crippen molar-refractivity contribution >= 4 is 23.5 Å². The summed E-state index contributed by atoms with van der Waals surface area (Å²) in [6.07, 6.45) is 1.65. The maximum Gasteiger partial charge on any atom is 0.323 e. The van der Waals surface area contributed by atoms with Crippen LogP contribution in [0.25, 0.3) is 0 Å². The molecule has 3 rings (SSSR count). The standard InChI is InChI=1S/C16H18N2O2S/c1-11-5-6-13(10-12(11)2)17-16(19)18-7-9-21-15(18)14-4-3-8-20-14/h3-6,8,10,15H,7,9H2,1-2H3,(H,17,19)/t15-/m0/s1. The van der Waals surface area contributed by atoms with Crippen molar-refractivity contribution in [2.45, 2.75) is 19.2 Å². The molecule has 0 saturated carbocycles. The lowest BCUT2D eigenvalue weighted by Gasteiger charge is -2.22. The Bertz CT molecular complexity index is 640. The van der Waals surface area contributed by atoms with Gasteiger partial charge in [0.2, 0.25) is 0 Å². The van der Waals surface area contributed by atoms with Gasteiger partial charge in [-0.05, 0) is 49.2 Å². The third kappa shape index (κ3) is 2.93. The van der Waals surface area contributed by atoms with E-state index >= 15 is 0 Å². The van der Waals surface area contributed by atoms with E-state index in [0.29, 0.717) is 0 Å². The van der Waals surface area contributed by atoms with Crippen molar-refractivity contribution in [1.29, 1.82) is 0 Å². The van der Waals surface area contributed by atoms with Gasteiger partial charge in [-0.1, -0.05) is 6.07 Å². The number of rotatable bonds is 2. The predicted molar refractivity (Wildman–Crippen MR) is 85.5 cm³/mol. The van der Waals surface area contributed by atoms with Gasteiger partial charge in [0.15, 0.2) is 0 Å². The quantitative estimate of drug-likeness (QED) is 0.905. The highest BCUT2D eigenvalue weighted by molar-refractivity contribution is 7.99. The lowest BCUT2D eigenvalue weighted by atomic mass is 10.1. The third-order valence-corrected chi connectivity index (χ3v) is 4.92. The number of thioether (sulfide) groups is 1. The van der Waals surface area contributed by atoms with Crippen LogP contribution >= 0.6 is 11.8 Å². The van der Waals surface area contributed by atoms with Crippen LogP contribution in [0.4, 0.5) is 10.5 Å². The topological polar surface area (TPSA) is 45.5 Å². The molecule has 1 aromatic carbocycles. The molecule has 0 radical (unpaired) electrons. The number of nitrogens with one attached hydrogen (secondary N) is 1.